The van der Waals surface area contributed by atoms with Crippen molar-refractivity contribution in [3.63, 3.8) is 0 Å². The SMILES string of the molecule is C=CCCOC=C=CC1CC(/C=C\C2CC(C=C)C3C=CCC23)C(C=C)C1CC=C. The molecule has 30 heavy (non-hydrogen) atoms. The first kappa shape index (κ1) is 22.4. The summed E-state index contributed by atoms with van der Waals surface area (Å²) in [6.45, 7) is 16.6. The van der Waals surface area contributed by atoms with Crippen LogP contribution in [-0.4, -0.2) is 6.61 Å². The summed E-state index contributed by atoms with van der Waals surface area (Å²) in [4.78, 5) is 0. The van der Waals surface area contributed by atoms with E-state index in [1.54, 1.807) is 6.26 Å². The van der Waals surface area contributed by atoms with E-state index in [-0.39, 0.29) is 0 Å². The summed E-state index contributed by atoms with van der Waals surface area (Å²) in [6, 6.07) is 0. The zero-order valence-corrected chi connectivity index (χ0v) is 18.4. The molecule has 0 N–H and O–H groups in total. The predicted octanol–water partition coefficient (Wildman–Crippen LogP) is 7.45. The van der Waals surface area contributed by atoms with Gasteiger partial charge in [-0.3, -0.25) is 0 Å². The van der Waals surface area contributed by atoms with Gasteiger partial charge in [-0.2, -0.15) is 0 Å². The first-order valence-electron chi connectivity index (χ1n) is 11.6. The minimum atomic E-state index is 0.477. The Bertz CT molecular complexity index is 731. The van der Waals surface area contributed by atoms with Crippen LogP contribution in [-0.2, 0) is 4.74 Å². The summed E-state index contributed by atoms with van der Waals surface area (Å²) < 4.78 is 5.48. The van der Waals surface area contributed by atoms with Crippen molar-refractivity contribution >= 4 is 0 Å². The van der Waals surface area contributed by atoms with Crippen LogP contribution in [0.3, 0.4) is 0 Å². The minimum Gasteiger partial charge on any atom is -0.493 e. The minimum absolute atomic E-state index is 0.477. The molecule has 8 atom stereocenters. The van der Waals surface area contributed by atoms with Crippen LogP contribution in [0.4, 0.5) is 0 Å². The zero-order chi connectivity index (χ0) is 21.3. The fourth-order valence-electron chi connectivity index (χ4n) is 5.96. The van der Waals surface area contributed by atoms with Gasteiger partial charge in [-0.05, 0) is 85.5 Å². The van der Waals surface area contributed by atoms with Gasteiger partial charge in [-0.1, -0.05) is 54.3 Å². The summed E-state index contributed by atoms with van der Waals surface area (Å²) in [5.74, 6) is 4.81. The van der Waals surface area contributed by atoms with Gasteiger partial charge in [0.25, 0.3) is 0 Å². The van der Waals surface area contributed by atoms with Crippen molar-refractivity contribution in [1.29, 1.82) is 0 Å². The lowest BCUT2D eigenvalue weighted by Gasteiger charge is -2.21. The summed E-state index contributed by atoms with van der Waals surface area (Å²) in [5, 5.41) is 0. The Hall–Kier alpha value is -2.24. The van der Waals surface area contributed by atoms with Crippen molar-refractivity contribution in [2.75, 3.05) is 6.61 Å². The summed E-state index contributed by atoms with van der Waals surface area (Å²) in [5.41, 5.74) is 3.26. The van der Waals surface area contributed by atoms with Crippen LogP contribution in [0, 0.1) is 47.3 Å². The molecule has 160 valence electrons. The van der Waals surface area contributed by atoms with Gasteiger partial charge in [-0.15, -0.1) is 26.3 Å². The predicted molar refractivity (Wildman–Crippen MR) is 129 cm³/mol. The highest BCUT2D eigenvalue weighted by Crippen LogP contribution is 2.50. The van der Waals surface area contributed by atoms with Gasteiger partial charge in [-0.25, -0.2) is 0 Å². The average molecular weight is 403 g/mol. The van der Waals surface area contributed by atoms with E-state index in [9.17, 15) is 0 Å². The first-order valence-corrected chi connectivity index (χ1v) is 11.6. The van der Waals surface area contributed by atoms with Crippen molar-refractivity contribution in [3.05, 3.63) is 93.0 Å². The normalized spacial score (nSPS) is 36.8. The van der Waals surface area contributed by atoms with Gasteiger partial charge in [0.1, 0.15) is 6.26 Å². The lowest BCUT2D eigenvalue weighted by Crippen LogP contribution is -2.14. The quantitative estimate of drug-likeness (QED) is 0.151. The fourth-order valence-corrected chi connectivity index (χ4v) is 5.96. The third-order valence-electron chi connectivity index (χ3n) is 7.45. The fraction of sp³-hybridized carbons (Fsp3) is 0.483. The molecule has 8 unspecified atom stereocenters. The van der Waals surface area contributed by atoms with E-state index in [0.29, 0.717) is 48.0 Å². The van der Waals surface area contributed by atoms with Gasteiger partial charge < -0.3 is 4.74 Å². The number of hydrogen-bond acceptors (Lipinski definition) is 1. The molecular formula is C29H38O. The lowest BCUT2D eigenvalue weighted by atomic mass is 9.83. The molecule has 0 heterocycles. The maximum Gasteiger partial charge on any atom is 0.125 e. The van der Waals surface area contributed by atoms with Crippen LogP contribution in [0.2, 0.25) is 0 Å². The molecule has 3 rings (SSSR count). The molecule has 2 fully saturated rings. The highest BCUT2D eigenvalue weighted by Gasteiger charge is 2.42. The number of ether oxygens (including phenoxy) is 1. The Morgan fingerprint density at radius 1 is 0.933 bits per heavy atom. The van der Waals surface area contributed by atoms with Gasteiger partial charge >= 0.3 is 0 Å². The topological polar surface area (TPSA) is 9.23 Å². The van der Waals surface area contributed by atoms with E-state index in [0.717, 1.165) is 25.2 Å². The standard InChI is InChI=1S/C29H38O/c1-5-9-18-30-19-11-13-23-21-24(26(8-4)27(23)12-6-2)16-17-25-20-22(7-3)28-14-10-15-29(25)28/h5-8,10,13-14,16-17,19,22-29H,1-4,9,12,15,18,20-21H2/b17-16-. The van der Waals surface area contributed by atoms with Crippen molar-refractivity contribution in [3.8, 4) is 0 Å². The van der Waals surface area contributed by atoms with E-state index in [4.69, 9.17) is 4.74 Å². The monoisotopic (exact) mass is 402 g/mol. The molecule has 0 amide bonds. The van der Waals surface area contributed by atoms with Gasteiger partial charge in [0.2, 0.25) is 0 Å². The molecule has 0 saturated heterocycles. The molecule has 0 aromatic rings. The second-order valence-corrected chi connectivity index (χ2v) is 9.05. The molecule has 3 aliphatic rings. The van der Waals surface area contributed by atoms with Crippen LogP contribution in [0.1, 0.15) is 32.1 Å². The first-order chi connectivity index (χ1) is 14.7. The van der Waals surface area contributed by atoms with E-state index < -0.39 is 0 Å². The lowest BCUT2D eigenvalue weighted by molar-refractivity contribution is 0.256. The number of fused-ring (bicyclic) bond motifs is 1. The third kappa shape index (κ3) is 5.08. The van der Waals surface area contributed by atoms with Crippen LogP contribution in [0.15, 0.2) is 93.0 Å². The highest BCUT2D eigenvalue weighted by molar-refractivity contribution is 5.18. The number of rotatable bonds is 11. The van der Waals surface area contributed by atoms with Gasteiger partial charge in [0.05, 0.1) is 6.61 Å². The Morgan fingerprint density at radius 2 is 1.73 bits per heavy atom. The van der Waals surface area contributed by atoms with Gasteiger partial charge in [0.15, 0.2) is 0 Å². The molecule has 0 bridgehead atoms. The summed E-state index contributed by atoms with van der Waals surface area (Å²) in [6.07, 6.45) is 27.5. The number of allylic oxidation sites excluding steroid dienone is 8. The Balaban J connectivity index is 1.68. The molecule has 0 radical (unpaired) electrons. The van der Waals surface area contributed by atoms with E-state index >= 15 is 0 Å². The van der Waals surface area contributed by atoms with E-state index in [1.807, 2.05) is 6.08 Å². The molecule has 2 saturated carbocycles. The van der Waals surface area contributed by atoms with Crippen molar-refractivity contribution < 1.29 is 4.74 Å². The number of hydrogen-bond donors (Lipinski definition) is 0. The van der Waals surface area contributed by atoms with E-state index in [1.165, 1.54) is 12.8 Å². The second kappa shape index (κ2) is 11.2. The molecular weight excluding hydrogens is 364 g/mol. The molecule has 3 aliphatic carbocycles. The Labute approximate surface area is 184 Å². The molecule has 0 aromatic heterocycles. The smallest absolute Gasteiger partial charge is 0.125 e. The zero-order valence-electron chi connectivity index (χ0n) is 18.4. The van der Waals surface area contributed by atoms with Crippen LogP contribution in [0.25, 0.3) is 0 Å². The van der Waals surface area contributed by atoms with Crippen molar-refractivity contribution in [2.45, 2.75) is 32.1 Å². The van der Waals surface area contributed by atoms with E-state index in [2.05, 4.69) is 80.7 Å². The third-order valence-corrected chi connectivity index (χ3v) is 7.45. The Kier molecular flexibility index (Phi) is 8.40. The van der Waals surface area contributed by atoms with Crippen LogP contribution in [0.5, 0.6) is 0 Å². The average Bonchev–Trinajstić information content (AvgIpc) is 3.44. The molecule has 1 heteroatoms. The Morgan fingerprint density at radius 3 is 2.47 bits per heavy atom. The maximum atomic E-state index is 5.48. The molecule has 0 aliphatic heterocycles. The van der Waals surface area contributed by atoms with Crippen LogP contribution >= 0.6 is 0 Å². The summed E-state index contributed by atoms with van der Waals surface area (Å²) >= 11 is 0. The van der Waals surface area contributed by atoms with Crippen molar-refractivity contribution in [1.82, 2.24) is 0 Å². The molecule has 1 nitrogen and oxygen atoms in total. The molecule has 0 aromatic carbocycles. The highest BCUT2D eigenvalue weighted by atomic mass is 16.5. The van der Waals surface area contributed by atoms with Crippen LogP contribution < -0.4 is 0 Å². The van der Waals surface area contributed by atoms with Crippen molar-refractivity contribution in [2.24, 2.45) is 47.3 Å². The second-order valence-electron chi connectivity index (χ2n) is 9.05. The van der Waals surface area contributed by atoms with Gasteiger partial charge in [0, 0.05) is 0 Å². The maximum absolute atomic E-state index is 5.48. The largest absolute Gasteiger partial charge is 0.493 e. The summed E-state index contributed by atoms with van der Waals surface area (Å²) in [7, 11) is 0. The molecule has 0 spiro atoms.